The van der Waals surface area contributed by atoms with Gasteiger partial charge in [0.2, 0.25) is 0 Å². The molecule has 1 rings (SSSR count). The maximum absolute atomic E-state index is 14.1. The van der Waals surface area contributed by atoms with Crippen LogP contribution in [-0.2, 0) is 5.60 Å². The highest BCUT2D eigenvalue weighted by atomic mass is 19.4. The van der Waals surface area contributed by atoms with Crippen LogP contribution in [0.25, 0.3) is 0 Å². The van der Waals surface area contributed by atoms with E-state index < -0.39 is 65.5 Å². The van der Waals surface area contributed by atoms with Crippen LogP contribution >= 0.6 is 0 Å². The molecule has 1 atom stereocenters. The molecule has 0 saturated heterocycles. The van der Waals surface area contributed by atoms with E-state index in [-0.39, 0.29) is 11.6 Å². The summed E-state index contributed by atoms with van der Waals surface area (Å²) in [6, 6.07) is 2.35. The first kappa shape index (κ1) is 31.1. The maximum atomic E-state index is 14.1. The number of halogens is 16. The fourth-order valence-electron chi connectivity index (χ4n) is 2.76. The highest BCUT2D eigenvalue weighted by molar-refractivity contribution is 5.32. The molecular weight excluding hydrogens is 536 g/mol. The van der Waals surface area contributed by atoms with Gasteiger partial charge in [-0.2, -0.15) is 70.2 Å². The molecule has 1 unspecified atom stereocenters. The smallest absolute Gasteiger partial charge is 0.376 e. The van der Waals surface area contributed by atoms with Crippen molar-refractivity contribution in [2.45, 2.75) is 73.8 Å². The van der Waals surface area contributed by atoms with Gasteiger partial charge in [-0.15, -0.1) is 0 Å². The van der Waals surface area contributed by atoms with Gasteiger partial charge in [-0.3, -0.25) is 0 Å². The quantitative estimate of drug-likeness (QED) is 0.329. The SMILES string of the molecule is CC(C)c1cccc(C(O)(CC(F)(F)C(F)(F)C(F)(F)C(F)(F)C(F)(F)C(F)(F)F)C(F)(F)F)c1. The summed E-state index contributed by atoms with van der Waals surface area (Å²) in [7, 11) is 0. The third-order valence-corrected chi connectivity index (χ3v) is 4.98. The molecular formula is C18H14F16O. The summed E-state index contributed by atoms with van der Waals surface area (Å²) in [4.78, 5) is 0. The Kier molecular flexibility index (Phi) is 7.62. The van der Waals surface area contributed by atoms with E-state index in [2.05, 4.69) is 0 Å². The van der Waals surface area contributed by atoms with E-state index >= 15 is 0 Å². The molecule has 0 amide bonds. The van der Waals surface area contributed by atoms with Gasteiger partial charge in [0.1, 0.15) is 0 Å². The number of benzene rings is 1. The summed E-state index contributed by atoms with van der Waals surface area (Å²) >= 11 is 0. The summed E-state index contributed by atoms with van der Waals surface area (Å²) in [5.41, 5.74) is -6.95. The Bertz CT molecular complexity index is 899. The standard InChI is InChI=1S/C18H14F16O/c1-8(2)9-4-3-5-10(6-9)11(35,17(29,30)31)7-12(19,20)13(21,22)14(23,24)15(25,26)16(27,28)18(32,33)34/h3-6,8,35H,7H2,1-2H3. The number of alkyl halides is 16. The van der Waals surface area contributed by atoms with Crippen LogP contribution in [0, 0.1) is 0 Å². The van der Waals surface area contributed by atoms with Crippen molar-refractivity contribution < 1.29 is 75.4 Å². The van der Waals surface area contributed by atoms with Crippen molar-refractivity contribution in [3.05, 3.63) is 35.4 Å². The minimum absolute atomic E-state index is 0.137. The van der Waals surface area contributed by atoms with Crippen LogP contribution < -0.4 is 0 Å². The Morgan fingerprint density at radius 1 is 0.629 bits per heavy atom. The van der Waals surface area contributed by atoms with E-state index in [0.29, 0.717) is 12.1 Å². The lowest BCUT2D eigenvalue weighted by Crippen LogP contribution is -2.70. The largest absolute Gasteiger partial charge is 0.460 e. The zero-order valence-electron chi connectivity index (χ0n) is 17.1. The summed E-state index contributed by atoms with van der Waals surface area (Å²) in [5, 5.41) is 9.88. The third-order valence-electron chi connectivity index (χ3n) is 4.98. The van der Waals surface area contributed by atoms with Crippen molar-refractivity contribution in [3.63, 3.8) is 0 Å². The predicted molar refractivity (Wildman–Crippen MR) is 85.9 cm³/mol. The van der Waals surface area contributed by atoms with Gasteiger partial charge in [0.25, 0.3) is 0 Å². The number of aliphatic hydroxyl groups is 1. The Morgan fingerprint density at radius 2 is 1.06 bits per heavy atom. The maximum Gasteiger partial charge on any atom is 0.460 e. The second kappa shape index (κ2) is 8.57. The first-order valence-electron chi connectivity index (χ1n) is 8.97. The lowest BCUT2D eigenvalue weighted by molar-refractivity contribution is -0.443. The summed E-state index contributed by atoms with van der Waals surface area (Å²) < 4.78 is 212. The van der Waals surface area contributed by atoms with Crippen molar-refractivity contribution in [1.29, 1.82) is 0 Å². The normalized spacial score (nSPS) is 17.0. The van der Waals surface area contributed by atoms with Gasteiger partial charge < -0.3 is 5.11 Å². The molecule has 17 heteroatoms. The average molecular weight is 550 g/mol. The molecule has 1 N–H and O–H groups in total. The molecule has 35 heavy (non-hydrogen) atoms. The average Bonchev–Trinajstić information content (AvgIpc) is 2.65. The highest BCUT2D eigenvalue weighted by Gasteiger charge is 2.91. The van der Waals surface area contributed by atoms with Gasteiger partial charge in [0.15, 0.2) is 5.60 Å². The van der Waals surface area contributed by atoms with Crippen molar-refractivity contribution in [1.82, 2.24) is 0 Å². The predicted octanol–water partition coefficient (Wildman–Crippen LogP) is 7.69. The van der Waals surface area contributed by atoms with E-state index in [0.717, 1.165) is 6.07 Å². The van der Waals surface area contributed by atoms with Crippen LogP contribution in [0.3, 0.4) is 0 Å². The fraction of sp³-hybridized carbons (Fsp3) is 0.667. The van der Waals surface area contributed by atoms with Crippen LogP contribution in [0.15, 0.2) is 24.3 Å². The minimum atomic E-state index is -8.27. The zero-order valence-corrected chi connectivity index (χ0v) is 17.1. The second-order valence-electron chi connectivity index (χ2n) is 7.81. The number of rotatable bonds is 8. The van der Waals surface area contributed by atoms with Crippen molar-refractivity contribution in [2.24, 2.45) is 0 Å². The molecule has 0 saturated carbocycles. The fourth-order valence-corrected chi connectivity index (χ4v) is 2.76. The van der Waals surface area contributed by atoms with Gasteiger partial charge in [0.05, 0.1) is 6.42 Å². The second-order valence-corrected chi connectivity index (χ2v) is 7.81. The zero-order chi connectivity index (χ0) is 28.3. The molecule has 0 spiro atoms. The van der Waals surface area contributed by atoms with Crippen LogP contribution in [0.2, 0.25) is 0 Å². The molecule has 0 aliphatic heterocycles. The lowest BCUT2D eigenvalue weighted by atomic mass is 9.81. The first-order valence-corrected chi connectivity index (χ1v) is 8.97. The Balaban J connectivity index is 3.71. The summed E-state index contributed by atoms with van der Waals surface area (Å²) in [6.45, 7) is 2.66. The molecule has 0 aromatic heterocycles. The van der Waals surface area contributed by atoms with E-state index in [1.165, 1.54) is 13.8 Å². The molecule has 204 valence electrons. The van der Waals surface area contributed by atoms with E-state index in [9.17, 15) is 75.4 Å². The molecule has 0 aliphatic rings. The topological polar surface area (TPSA) is 20.2 Å². The Hall–Kier alpha value is -1.94. The van der Waals surface area contributed by atoms with Crippen LogP contribution in [-0.4, -0.2) is 47.1 Å². The van der Waals surface area contributed by atoms with E-state index in [1.807, 2.05) is 0 Å². The Labute approximate surface area is 185 Å². The minimum Gasteiger partial charge on any atom is -0.376 e. The number of hydrogen-bond donors (Lipinski definition) is 1. The molecule has 0 fully saturated rings. The third kappa shape index (κ3) is 4.75. The lowest BCUT2D eigenvalue weighted by Gasteiger charge is -2.42. The number of hydrogen-bond acceptors (Lipinski definition) is 1. The van der Waals surface area contributed by atoms with Crippen molar-refractivity contribution in [3.8, 4) is 0 Å². The van der Waals surface area contributed by atoms with Crippen LogP contribution in [0.5, 0.6) is 0 Å². The first-order chi connectivity index (χ1) is 15.1. The van der Waals surface area contributed by atoms with E-state index in [1.54, 1.807) is 0 Å². The van der Waals surface area contributed by atoms with Crippen molar-refractivity contribution >= 4 is 0 Å². The summed E-state index contributed by atoms with van der Waals surface area (Å²) in [5.74, 6) is -40.3. The van der Waals surface area contributed by atoms with Gasteiger partial charge in [-0.25, -0.2) is 0 Å². The molecule has 0 radical (unpaired) electrons. The molecule has 0 bridgehead atoms. The van der Waals surface area contributed by atoms with Gasteiger partial charge in [0, 0.05) is 0 Å². The molecule has 1 aromatic rings. The monoisotopic (exact) mass is 550 g/mol. The molecule has 0 heterocycles. The van der Waals surface area contributed by atoms with Crippen molar-refractivity contribution in [2.75, 3.05) is 0 Å². The van der Waals surface area contributed by atoms with Gasteiger partial charge in [-0.1, -0.05) is 38.1 Å². The molecule has 0 aliphatic carbocycles. The Morgan fingerprint density at radius 3 is 1.43 bits per heavy atom. The summed E-state index contributed by atoms with van der Waals surface area (Å²) in [6.07, 6.45) is -17.9. The molecule has 1 aromatic carbocycles. The highest BCUT2D eigenvalue weighted by Crippen LogP contribution is 2.62. The van der Waals surface area contributed by atoms with Gasteiger partial charge >= 0.3 is 42.0 Å². The van der Waals surface area contributed by atoms with Crippen LogP contribution in [0.1, 0.15) is 37.3 Å². The van der Waals surface area contributed by atoms with Gasteiger partial charge in [-0.05, 0) is 17.0 Å². The molecule has 1 nitrogen and oxygen atoms in total. The van der Waals surface area contributed by atoms with Crippen LogP contribution in [0.4, 0.5) is 70.2 Å². The van der Waals surface area contributed by atoms with E-state index in [4.69, 9.17) is 0 Å².